The van der Waals surface area contributed by atoms with Gasteiger partial charge in [0, 0.05) is 31.8 Å². The van der Waals surface area contributed by atoms with Crippen LogP contribution in [0.15, 0.2) is 41.6 Å². The lowest BCUT2D eigenvalue weighted by molar-refractivity contribution is -0.214. The van der Waals surface area contributed by atoms with Crippen molar-refractivity contribution < 1.29 is 29.0 Å². The first-order valence-corrected chi connectivity index (χ1v) is 10.4. The van der Waals surface area contributed by atoms with Gasteiger partial charge in [-0.3, -0.25) is 14.7 Å². The van der Waals surface area contributed by atoms with Crippen molar-refractivity contribution in [2.45, 2.75) is 45.6 Å². The number of hydrazine groups is 1. The normalized spacial score (nSPS) is 25.5. The van der Waals surface area contributed by atoms with Gasteiger partial charge in [0.25, 0.3) is 0 Å². The van der Waals surface area contributed by atoms with Crippen LogP contribution in [0.1, 0.15) is 32.8 Å². The molecule has 0 radical (unpaired) electrons. The molecule has 1 fully saturated rings. The van der Waals surface area contributed by atoms with Gasteiger partial charge in [-0.2, -0.15) is 0 Å². The number of piperidine rings is 1. The van der Waals surface area contributed by atoms with E-state index in [9.17, 15) is 19.5 Å². The molecule has 10 nitrogen and oxygen atoms in total. The zero-order valence-corrected chi connectivity index (χ0v) is 18.8. The number of rotatable bonds is 6. The van der Waals surface area contributed by atoms with E-state index < -0.39 is 35.2 Å². The number of esters is 2. The molecule has 3 rings (SSSR count). The second-order valence-corrected chi connectivity index (χ2v) is 8.39. The summed E-state index contributed by atoms with van der Waals surface area (Å²) in [6.07, 6.45) is -0.432. The van der Waals surface area contributed by atoms with Crippen LogP contribution in [0.2, 0.25) is 0 Å². The number of carbonyl (C=O) groups is 3. The van der Waals surface area contributed by atoms with Gasteiger partial charge in [-0.05, 0) is 26.3 Å². The largest absolute Gasteiger partial charge is 0.468 e. The van der Waals surface area contributed by atoms with E-state index in [4.69, 9.17) is 15.2 Å². The first-order valence-electron chi connectivity index (χ1n) is 10.4. The van der Waals surface area contributed by atoms with Crippen LogP contribution >= 0.6 is 0 Å². The van der Waals surface area contributed by atoms with Crippen molar-refractivity contribution in [3.05, 3.63) is 47.2 Å². The molecule has 2 aliphatic heterocycles. The summed E-state index contributed by atoms with van der Waals surface area (Å²) < 4.78 is 10.5. The number of methoxy groups -OCH3 is 1. The van der Waals surface area contributed by atoms with Gasteiger partial charge < -0.3 is 20.3 Å². The zero-order chi connectivity index (χ0) is 23.7. The van der Waals surface area contributed by atoms with Crippen molar-refractivity contribution in [2.24, 2.45) is 11.1 Å². The quantitative estimate of drug-likeness (QED) is 0.548. The molecule has 174 valence electrons. The van der Waals surface area contributed by atoms with Gasteiger partial charge in [0.2, 0.25) is 0 Å². The minimum atomic E-state index is -1.97. The van der Waals surface area contributed by atoms with Crippen LogP contribution in [0.3, 0.4) is 0 Å². The molecule has 2 unspecified atom stereocenters. The molecule has 32 heavy (non-hydrogen) atoms. The van der Waals surface area contributed by atoms with Crippen LogP contribution in [-0.4, -0.2) is 65.0 Å². The summed E-state index contributed by atoms with van der Waals surface area (Å²) in [7, 11) is 1.19. The molecule has 1 saturated heterocycles. The number of nitrogens with one attached hydrogen (secondary N) is 1. The summed E-state index contributed by atoms with van der Waals surface area (Å²) in [6, 6.07) is 8.70. The Labute approximate surface area is 186 Å². The fourth-order valence-electron chi connectivity index (χ4n) is 4.71. The molecule has 0 aliphatic carbocycles. The number of fused-ring (bicyclic) bond motifs is 1. The van der Waals surface area contributed by atoms with E-state index in [-0.39, 0.29) is 24.2 Å². The number of hydrogen-bond acceptors (Lipinski definition) is 8. The fraction of sp³-hybridized carbons (Fsp3) is 0.500. The number of amides is 2. The standard InChI is InChI=1S/C22H30N4O6/c1-14(2)32-18(27)17-15(3)26(24-20(23)29)22(30)10-11-25(12-16-8-6-5-7-9-16)13-21(17,22)19(28)31-4/h5-9,14,30H,10-13H2,1-4H3,(H3,23,24,29). The fourth-order valence-corrected chi connectivity index (χ4v) is 4.71. The predicted octanol–water partition coefficient (Wildman–Crippen LogP) is 0.865. The summed E-state index contributed by atoms with van der Waals surface area (Å²) >= 11 is 0. The molecule has 0 aromatic heterocycles. The molecule has 2 atom stereocenters. The third-order valence-corrected chi connectivity index (χ3v) is 5.97. The third-order valence-electron chi connectivity index (χ3n) is 5.97. The van der Waals surface area contributed by atoms with Crippen LogP contribution in [-0.2, 0) is 25.6 Å². The Morgan fingerprint density at radius 2 is 1.91 bits per heavy atom. The highest BCUT2D eigenvalue weighted by molar-refractivity contribution is 6.01. The minimum Gasteiger partial charge on any atom is -0.468 e. The number of nitrogens with zero attached hydrogens (tertiary/aromatic N) is 2. The van der Waals surface area contributed by atoms with Crippen molar-refractivity contribution in [3.63, 3.8) is 0 Å². The number of ether oxygens (including phenoxy) is 2. The lowest BCUT2D eigenvalue weighted by Crippen LogP contribution is -2.70. The van der Waals surface area contributed by atoms with Crippen molar-refractivity contribution in [3.8, 4) is 0 Å². The van der Waals surface area contributed by atoms with E-state index in [0.717, 1.165) is 10.6 Å². The van der Waals surface area contributed by atoms with E-state index >= 15 is 0 Å². The number of primary amides is 1. The number of allylic oxidation sites excluding steroid dienone is 1. The Bertz CT molecular complexity index is 934. The Balaban J connectivity index is 2.13. The van der Waals surface area contributed by atoms with Crippen molar-refractivity contribution in [1.29, 1.82) is 0 Å². The summed E-state index contributed by atoms with van der Waals surface area (Å²) in [4.78, 5) is 40.2. The van der Waals surface area contributed by atoms with Gasteiger partial charge in [-0.25, -0.2) is 15.0 Å². The van der Waals surface area contributed by atoms with Crippen molar-refractivity contribution in [1.82, 2.24) is 15.3 Å². The van der Waals surface area contributed by atoms with Crippen LogP contribution in [0.5, 0.6) is 0 Å². The molecule has 1 aromatic rings. The number of benzene rings is 1. The lowest BCUT2D eigenvalue weighted by Gasteiger charge is -2.51. The van der Waals surface area contributed by atoms with Gasteiger partial charge in [0.05, 0.1) is 18.8 Å². The van der Waals surface area contributed by atoms with Gasteiger partial charge in [0.1, 0.15) is 0 Å². The maximum atomic E-state index is 13.3. The zero-order valence-electron chi connectivity index (χ0n) is 18.8. The van der Waals surface area contributed by atoms with Gasteiger partial charge in [-0.15, -0.1) is 0 Å². The maximum Gasteiger partial charge on any atom is 0.337 e. The molecular formula is C22H30N4O6. The maximum absolute atomic E-state index is 13.3. The molecule has 0 saturated carbocycles. The lowest BCUT2D eigenvalue weighted by atomic mass is 9.69. The smallest absolute Gasteiger partial charge is 0.337 e. The highest BCUT2D eigenvalue weighted by atomic mass is 16.5. The SMILES string of the molecule is COC(=O)C12CN(Cc3ccccc3)CCC1(O)N(NC(N)=O)C(C)=C2C(=O)OC(C)C. The number of nitrogens with two attached hydrogens (primary N) is 1. The Kier molecular flexibility index (Phi) is 6.47. The van der Waals surface area contributed by atoms with Crippen molar-refractivity contribution >= 4 is 18.0 Å². The topological polar surface area (TPSA) is 134 Å². The second-order valence-electron chi connectivity index (χ2n) is 8.39. The monoisotopic (exact) mass is 446 g/mol. The van der Waals surface area contributed by atoms with Gasteiger partial charge in [-0.1, -0.05) is 30.3 Å². The summed E-state index contributed by atoms with van der Waals surface area (Å²) in [6.45, 7) is 5.74. The van der Waals surface area contributed by atoms with Gasteiger partial charge >= 0.3 is 18.0 Å². The van der Waals surface area contributed by atoms with Crippen LogP contribution in [0.25, 0.3) is 0 Å². The Hall–Kier alpha value is -3.11. The van der Waals surface area contributed by atoms with E-state index in [2.05, 4.69) is 5.43 Å². The number of carbonyl (C=O) groups excluding carboxylic acids is 3. The van der Waals surface area contributed by atoms with Crippen LogP contribution in [0.4, 0.5) is 4.79 Å². The predicted molar refractivity (Wildman–Crippen MR) is 114 cm³/mol. The molecular weight excluding hydrogens is 416 g/mol. The van der Waals surface area contributed by atoms with Gasteiger partial charge in [0.15, 0.2) is 11.1 Å². The van der Waals surface area contributed by atoms with E-state index in [1.165, 1.54) is 14.0 Å². The average Bonchev–Trinajstić information content (AvgIpc) is 2.92. The number of aliphatic hydroxyl groups is 1. The van der Waals surface area contributed by atoms with Crippen LogP contribution < -0.4 is 11.2 Å². The molecule has 1 aromatic carbocycles. The Morgan fingerprint density at radius 3 is 2.47 bits per heavy atom. The molecule has 0 bridgehead atoms. The third kappa shape index (κ3) is 3.80. The molecule has 0 spiro atoms. The highest BCUT2D eigenvalue weighted by Gasteiger charge is 2.71. The van der Waals surface area contributed by atoms with Crippen LogP contribution in [0, 0.1) is 5.41 Å². The first-order chi connectivity index (χ1) is 15.1. The average molecular weight is 447 g/mol. The molecule has 2 aliphatic rings. The molecule has 2 heterocycles. The Morgan fingerprint density at radius 1 is 1.25 bits per heavy atom. The number of hydrogen-bond donors (Lipinski definition) is 3. The van der Waals surface area contributed by atoms with Crippen molar-refractivity contribution in [2.75, 3.05) is 20.2 Å². The second kappa shape index (κ2) is 8.79. The first kappa shape index (κ1) is 23.6. The molecule has 10 heteroatoms. The summed E-state index contributed by atoms with van der Waals surface area (Å²) in [5, 5.41) is 13.0. The van der Waals surface area contributed by atoms with E-state index in [1.807, 2.05) is 35.2 Å². The molecule has 4 N–H and O–H groups in total. The summed E-state index contributed by atoms with van der Waals surface area (Å²) in [5.74, 6) is -1.57. The van der Waals surface area contributed by atoms with E-state index in [1.54, 1.807) is 13.8 Å². The number of urea groups is 1. The summed E-state index contributed by atoms with van der Waals surface area (Å²) in [5.41, 5.74) is 5.01. The van der Waals surface area contributed by atoms with E-state index in [0.29, 0.717) is 13.1 Å². The minimum absolute atomic E-state index is 0.0259. The molecule has 2 amide bonds. The number of likely N-dealkylation sites (tertiary alicyclic amines) is 1. The highest BCUT2D eigenvalue weighted by Crippen LogP contribution is 2.55.